The van der Waals surface area contributed by atoms with Crippen molar-refractivity contribution >= 4 is 23.4 Å². The lowest BCUT2D eigenvalue weighted by Crippen LogP contribution is -2.23. The smallest absolute Gasteiger partial charge is 0.237 e. The van der Waals surface area contributed by atoms with E-state index >= 15 is 0 Å². The van der Waals surface area contributed by atoms with Crippen LogP contribution in [0.5, 0.6) is 0 Å². The van der Waals surface area contributed by atoms with Crippen molar-refractivity contribution in [1.29, 1.82) is 5.26 Å². The molecule has 1 fully saturated rings. The molecule has 1 atom stereocenters. The Hall–Kier alpha value is -2.33. The first kappa shape index (κ1) is 16.5. The van der Waals surface area contributed by atoms with Crippen LogP contribution in [0.2, 0.25) is 0 Å². The summed E-state index contributed by atoms with van der Waals surface area (Å²) in [7, 11) is 0. The number of aromatic nitrogens is 3. The molecule has 0 aliphatic heterocycles. The van der Waals surface area contributed by atoms with Crippen molar-refractivity contribution in [2.24, 2.45) is 0 Å². The van der Waals surface area contributed by atoms with Gasteiger partial charge in [0.05, 0.1) is 16.9 Å². The number of benzene rings is 1. The number of hydrogen-bond donors (Lipinski definition) is 1. The average Bonchev–Trinajstić information content (AvgIpc) is 3.36. The van der Waals surface area contributed by atoms with E-state index in [9.17, 15) is 4.79 Å². The number of rotatable bonds is 6. The Labute approximate surface area is 145 Å². The van der Waals surface area contributed by atoms with Crippen LogP contribution in [0, 0.1) is 11.3 Å². The van der Waals surface area contributed by atoms with Crippen LogP contribution in [0.15, 0.2) is 29.4 Å². The van der Waals surface area contributed by atoms with E-state index in [2.05, 4.69) is 33.1 Å². The molecule has 0 radical (unpaired) electrons. The second-order valence-corrected chi connectivity index (χ2v) is 7.11. The Morgan fingerprint density at radius 2 is 2.12 bits per heavy atom. The first-order valence-electron chi connectivity index (χ1n) is 8.03. The molecule has 1 N–H and O–H groups in total. The zero-order valence-electron chi connectivity index (χ0n) is 13.7. The molecule has 1 amide bonds. The molecule has 1 saturated carbocycles. The van der Waals surface area contributed by atoms with Crippen molar-refractivity contribution in [3.8, 4) is 6.07 Å². The fourth-order valence-corrected chi connectivity index (χ4v) is 3.33. The predicted molar refractivity (Wildman–Crippen MR) is 92.8 cm³/mol. The van der Waals surface area contributed by atoms with Crippen LogP contribution < -0.4 is 5.32 Å². The number of carbonyl (C=O) groups excluding carboxylic acids is 1. The predicted octanol–water partition coefficient (Wildman–Crippen LogP) is 3.17. The molecule has 0 unspecified atom stereocenters. The fraction of sp³-hybridized carbons (Fsp3) is 0.412. The zero-order valence-corrected chi connectivity index (χ0v) is 14.5. The van der Waals surface area contributed by atoms with Gasteiger partial charge < -0.3 is 9.88 Å². The third-order valence-corrected chi connectivity index (χ3v) is 5.02. The summed E-state index contributed by atoms with van der Waals surface area (Å²) in [5, 5.41) is 20.7. The largest absolute Gasteiger partial charge is 0.325 e. The van der Waals surface area contributed by atoms with E-state index in [0.29, 0.717) is 17.2 Å². The van der Waals surface area contributed by atoms with Crippen molar-refractivity contribution in [2.75, 3.05) is 5.32 Å². The van der Waals surface area contributed by atoms with E-state index in [-0.39, 0.29) is 11.2 Å². The van der Waals surface area contributed by atoms with Gasteiger partial charge in [0.2, 0.25) is 5.91 Å². The number of amides is 1. The van der Waals surface area contributed by atoms with Gasteiger partial charge in [0.1, 0.15) is 5.82 Å². The molecule has 0 saturated heterocycles. The quantitative estimate of drug-likeness (QED) is 0.816. The van der Waals surface area contributed by atoms with Gasteiger partial charge in [-0.1, -0.05) is 11.8 Å². The van der Waals surface area contributed by atoms with Gasteiger partial charge in [-0.15, -0.1) is 10.2 Å². The van der Waals surface area contributed by atoms with Crippen molar-refractivity contribution < 1.29 is 4.79 Å². The van der Waals surface area contributed by atoms with E-state index in [1.54, 1.807) is 24.3 Å². The summed E-state index contributed by atoms with van der Waals surface area (Å²) in [6.45, 7) is 4.74. The molecule has 1 aliphatic rings. The summed E-state index contributed by atoms with van der Waals surface area (Å²) in [6.07, 6.45) is 2.36. The van der Waals surface area contributed by atoms with Gasteiger partial charge in [0.25, 0.3) is 0 Å². The Morgan fingerprint density at radius 3 is 2.71 bits per heavy atom. The minimum atomic E-state index is -0.290. The SMILES string of the molecule is CCn1c(S[C@@H](C)C(=O)Nc2ccc(C#N)cc2)nnc1C1CC1. The van der Waals surface area contributed by atoms with Crippen LogP contribution in [0.3, 0.4) is 0 Å². The van der Waals surface area contributed by atoms with Crippen LogP contribution in [-0.4, -0.2) is 25.9 Å². The number of thioether (sulfide) groups is 1. The highest BCUT2D eigenvalue weighted by molar-refractivity contribution is 8.00. The monoisotopic (exact) mass is 341 g/mol. The molecule has 0 spiro atoms. The lowest BCUT2D eigenvalue weighted by atomic mass is 10.2. The molecular formula is C17H19N5OS. The second kappa shape index (κ2) is 7.05. The minimum Gasteiger partial charge on any atom is -0.325 e. The van der Waals surface area contributed by atoms with E-state index in [4.69, 9.17) is 5.26 Å². The topological polar surface area (TPSA) is 83.6 Å². The normalized spacial score (nSPS) is 14.9. The molecule has 6 nitrogen and oxygen atoms in total. The van der Waals surface area contributed by atoms with Crippen LogP contribution in [0.4, 0.5) is 5.69 Å². The summed E-state index contributed by atoms with van der Waals surface area (Å²) in [4.78, 5) is 12.4. The molecule has 124 valence electrons. The molecule has 2 aromatic rings. The van der Waals surface area contributed by atoms with Crippen molar-refractivity contribution in [3.05, 3.63) is 35.7 Å². The summed E-state index contributed by atoms with van der Waals surface area (Å²) >= 11 is 1.42. The Morgan fingerprint density at radius 1 is 1.42 bits per heavy atom. The van der Waals surface area contributed by atoms with Crippen LogP contribution in [0.1, 0.15) is 44.0 Å². The maximum absolute atomic E-state index is 12.4. The zero-order chi connectivity index (χ0) is 17.1. The van der Waals surface area contributed by atoms with E-state index in [0.717, 1.165) is 17.5 Å². The average molecular weight is 341 g/mol. The number of nitriles is 1. The lowest BCUT2D eigenvalue weighted by Gasteiger charge is -2.12. The number of nitrogens with zero attached hydrogens (tertiary/aromatic N) is 4. The minimum absolute atomic E-state index is 0.0941. The molecular weight excluding hydrogens is 322 g/mol. The molecule has 3 rings (SSSR count). The Bertz CT molecular complexity index is 773. The van der Waals surface area contributed by atoms with Gasteiger partial charge in [-0.05, 0) is 51.0 Å². The molecule has 0 bridgehead atoms. The van der Waals surface area contributed by atoms with Crippen molar-refractivity contribution in [1.82, 2.24) is 14.8 Å². The third-order valence-electron chi connectivity index (χ3n) is 3.94. The lowest BCUT2D eigenvalue weighted by molar-refractivity contribution is -0.115. The van der Waals surface area contributed by atoms with Crippen LogP contribution in [0.25, 0.3) is 0 Å². The number of hydrogen-bond acceptors (Lipinski definition) is 5. The highest BCUT2D eigenvalue weighted by Crippen LogP contribution is 2.40. The van der Waals surface area contributed by atoms with Crippen molar-refractivity contribution in [2.45, 2.75) is 49.6 Å². The summed E-state index contributed by atoms with van der Waals surface area (Å²) in [5.41, 5.74) is 1.25. The van der Waals surface area contributed by atoms with Crippen LogP contribution >= 0.6 is 11.8 Å². The molecule has 24 heavy (non-hydrogen) atoms. The summed E-state index contributed by atoms with van der Waals surface area (Å²) in [5.74, 6) is 1.48. The van der Waals surface area contributed by atoms with Gasteiger partial charge in [0, 0.05) is 18.2 Å². The number of anilines is 1. The van der Waals surface area contributed by atoms with Gasteiger partial charge in [-0.3, -0.25) is 4.79 Å². The molecule has 1 aromatic carbocycles. The van der Waals surface area contributed by atoms with E-state index in [1.165, 1.54) is 24.6 Å². The Kier molecular flexibility index (Phi) is 4.86. The van der Waals surface area contributed by atoms with Crippen LogP contribution in [-0.2, 0) is 11.3 Å². The molecule has 7 heteroatoms. The summed E-state index contributed by atoms with van der Waals surface area (Å²) in [6, 6.07) is 8.88. The standard InChI is InChI=1S/C17H19N5OS/c1-3-22-15(13-6-7-13)20-21-17(22)24-11(2)16(23)19-14-8-4-12(10-18)5-9-14/h4-5,8-9,11,13H,3,6-7H2,1-2H3,(H,19,23)/t11-/m0/s1. The van der Waals surface area contributed by atoms with E-state index < -0.39 is 0 Å². The maximum Gasteiger partial charge on any atom is 0.237 e. The first-order valence-corrected chi connectivity index (χ1v) is 8.91. The third kappa shape index (κ3) is 3.60. The Balaban J connectivity index is 1.64. The van der Waals surface area contributed by atoms with E-state index in [1.807, 2.05) is 6.92 Å². The van der Waals surface area contributed by atoms with Gasteiger partial charge in [-0.25, -0.2) is 0 Å². The maximum atomic E-state index is 12.4. The first-order chi connectivity index (χ1) is 11.6. The van der Waals surface area contributed by atoms with Gasteiger partial charge >= 0.3 is 0 Å². The molecule has 1 aliphatic carbocycles. The van der Waals surface area contributed by atoms with Gasteiger partial charge in [0.15, 0.2) is 5.16 Å². The fourth-order valence-electron chi connectivity index (χ4n) is 2.41. The molecule has 1 aromatic heterocycles. The number of carbonyl (C=O) groups is 1. The highest BCUT2D eigenvalue weighted by atomic mass is 32.2. The second-order valence-electron chi connectivity index (χ2n) is 5.80. The van der Waals surface area contributed by atoms with Gasteiger partial charge in [-0.2, -0.15) is 5.26 Å². The highest BCUT2D eigenvalue weighted by Gasteiger charge is 2.30. The molecule has 1 heterocycles. The summed E-state index contributed by atoms with van der Waals surface area (Å²) < 4.78 is 2.10. The van der Waals surface area contributed by atoms with Crippen molar-refractivity contribution in [3.63, 3.8) is 0 Å². The number of nitrogens with one attached hydrogen (secondary N) is 1.